The summed E-state index contributed by atoms with van der Waals surface area (Å²) in [6.45, 7) is 2.11. The minimum absolute atomic E-state index is 0.156. The molecule has 0 aromatic rings. The van der Waals surface area contributed by atoms with E-state index < -0.39 is 6.04 Å². The number of nitrogens with one attached hydrogen (secondary N) is 1. The molecule has 0 aromatic carbocycles. The molecule has 6 heteroatoms. The number of nitrogens with zero attached hydrogens (tertiary/aromatic N) is 1. The van der Waals surface area contributed by atoms with Crippen LogP contribution < -0.4 is 5.32 Å². The predicted molar refractivity (Wildman–Crippen MR) is 55.4 cm³/mol. The quantitative estimate of drug-likeness (QED) is 0.500. The number of imide groups is 1. The number of esters is 1. The van der Waals surface area contributed by atoms with Gasteiger partial charge in [-0.1, -0.05) is 6.92 Å². The molecule has 16 heavy (non-hydrogen) atoms. The summed E-state index contributed by atoms with van der Waals surface area (Å²) >= 11 is 0. The average Bonchev–Trinajstić information content (AvgIpc) is 2.56. The molecule has 6 nitrogen and oxygen atoms in total. The third-order valence-electron chi connectivity index (χ3n) is 2.64. The van der Waals surface area contributed by atoms with Crippen molar-refractivity contribution < 1.29 is 19.1 Å². The molecule has 1 saturated heterocycles. The summed E-state index contributed by atoms with van der Waals surface area (Å²) in [5.41, 5.74) is 0. The minimum atomic E-state index is -0.473. The molecule has 0 aromatic heterocycles. The van der Waals surface area contributed by atoms with Crippen molar-refractivity contribution >= 4 is 17.8 Å². The lowest BCUT2D eigenvalue weighted by Crippen LogP contribution is -2.41. The lowest BCUT2D eigenvalue weighted by Gasteiger charge is -2.23. The summed E-state index contributed by atoms with van der Waals surface area (Å²) in [6.07, 6.45) is 0.156. The first-order chi connectivity index (χ1) is 7.45. The highest BCUT2D eigenvalue weighted by molar-refractivity contribution is 6.05. The van der Waals surface area contributed by atoms with E-state index in [4.69, 9.17) is 0 Å². The van der Waals surface area contributed by atoms with Crippen LogP contribution in [0.25, 0.3) is 0 Å². The SMILES string of the molecule is COC(=O)C(C)CN(C)C1CC(=O)NC1=O. The summed E-state index contributed by atoms with van der Waals surface area (Å²) in [7, 11) is 3.03. The van der Waals surface area contributed by atoms with E-state index in [0.29, 0.717) is 6.54 Å². The van der Waals surface area contributed by atoms with Gasteiger partial charge >= 0.3 is 5.97 Å². The lowest BCUT2D eigenvalue weighted by molar-refractivity contribution is -0.146. The summed E-state index contributed by atoms with van der Waals surface area (Å²) in [6, 6.07) is -0.473. The molecule has 90 valence electrons. The number of rotatable bonds is 4. The zero-order chi connectivity index (χ0) is 12.3. The maximum Gasteiger partial charge on any atom is 0.309 e. The Morgan fingerprint density at radius 3 is 2.69 bits per heavy atom. The van der Waals surface area contributed by atoms with Crippen LogP contribution in [0.3, 0.4) is 0 Å². The van der Waals surface area contributed by atoms with Crippen LogP contribution >= 0.6 is 0 Å². The molecule has 1 aliphatic rings. The van der Waals surface area contributed by atoms with Crippen LogP contribution in [0.5, 0.6) is 0 Å². The van der Waals surface area contributed by atoms with Crippen molar-refractivity contribution in [2.24, 2.45) is 5.92 Å². The van der Waals surface area contributed by atoms with Crippen LogP contribution in [0.1, 0.15) is 13.3 Å². The van der Waals surface area contributed by atoms with Crippen molar-refractivity contribution in [2.45, 2.75) is 19.4 Å². The molecule has 2 amide bonds. The van der Waals surface area contributed by atoms with Crippen LogP contribution in [0.15, 0.2) is 0 Å². The van der Waals surface area contributed by atoms with E-state index in [-0.39, 0.29) is 30.1 Å². The molecule has 1 rings (SSSR count). The molecular formula is C10H16N2O4. The first kappa shape index (κ1) is 12.6. The number of hydrogen-bond acceptors (Lipinski definition) is 5. The van der Waals surface area contributed by atoms with E-state index >= 15 is 0 Å². The highest BCUT2D eigenvalue weighted by atomic mass is 16.5. The fraction of sp³-hybridized carbons (Fsp3) is 0.700. The number of ether oxygens (including phenoxy) is 1. The van der Waals surface area contributed by atoms with Crippen molar-refractivity contribution in [3.63, 3.8) is 0 Å². The van der Waals surface area contributed by atoms with Crippen LogP contribution in [0.4, 0.5) is 0 Å². The van der Waals surface area contributed by atoms with Gasteiger partial charge in [0.25, 0.3) is 0 Å². The Morgan fingerprint density at radius 1 is 1.62 bits per heavy atom. The first-order valence-corrected chi connectivity index (χ1v) is 5.07. The molecule has 1 heterocycles. The molecule has 2 unspecified atom stereocenters. The van der Waals surface area contributed by atoms with Crippen molar-refractivity contribution in [1.29, 1.82) is 0 Å². The maximum atomic E-state index is 11.4. The third kappa shape index (κ3) is 2.79. The molecule has 1 fully saturated rings. The van der Waals surface area contributed by atoms with Crippen molar-refractivity contribution in [3.05, 3.63) is 0 Å². The van der Waals surface area contributed by atoms with Crippen LogP contribution in [0, 0.1) is 5.92 Å². The van der Waals surface area contributed by atoms with Gasteiger partial charge in [-0.05, 0) is 7.05 Å². The number of carbonyl (C=O) groups is 3. The molecule has 0 bridgehead atoms. The van der Waals surface area contributed by atoms with E-state index in [1.165, 1.54) is 7.11 Å². The van der Waals surface area contributed by atoms with E-state index in [9.17, 15) is 14.4 Å². The second-order valence-electron chi connectivity index (χ2n) is 4.00. The Balaban J connectivity index is 2.52. The Morgan fingerprint density at radius 2 is 2.25 bits per heavy atom. The van der Waals surface area contributed by atoms with Gasteiger partial charge < -0.3 is 4.74 Å². The Hall–Kier alpha value is -1.43. The fourth-order valence-corrected chi connectivity index (χ4v) is 1.73. The predicted octanol–water partition coefficient (Wildman–Crippen LogP) is -0.858. The lowest BCUT2D eigenvalue weighted by atomic mass is 10.1. The number of methoxy groups -OCH3 is 1. The standard InChI is InChI=1S/C10H16N2O4/c1-6(10(15)16-3)5-12(2)7-4-8(13)11-9(7)14/h6-7H,4-5H2,1-3H3,(H,11,13,14). The van der Waals surface area contributed by atoms with E-state index in [0.717, 1.165) is 0 Å². The van der Waals surface area contributed by atoms with E-state index in [1.54, 1.807) is 18.9 Å². The van der Waals surface area contributed by atoms with Gasteiger partial charge in [0.15, 0.2) is 0 Å². The van der Waals surface area contributed by atoms with Gasteiger partial charge in [0.05, 0.1) is 25.5 Å². The van der Waals surface area contributed by atoms with Gasteiger partial charge in [0.2, 0.25) is 11.8 Å². The Bertz CT molecular complexity index is 316. The van der Waals surface area contributed by atoms with Crippen LogP contribution in [-0.2, 0) is 19.1 Å². The molecule has 0 aliphatic carbocycles. The molecular weight excluding hydrogens is 212 g/mol. The van der Waals surface area contributed by atoms with Crippen molar-refractivity contribution in [1.82, 2.24) is 10.2 Å². The summed E-state index contributed by atoms with van der Waals surface area (Å²) in [4.78, 5) is 35.2. The Kier molecular flexibility index (Phi) is 4.00. The van der Waals surface area contributed by atoms with E-state index in [2.05, 4.69) is 10.1 Å². The monoisotopic (exact) mass is 228 g/mol. The van der Waals surface area contributed by atoms with Crippen LogP contribution in [-0.4, -0.2) is 49.4 Å². The largest absolute Gasteiger partial charge is 0.469 e. The number of amides is 2. The van der Waals surface area contributed by atoms with Crippen LogP contribution in [0.2, 0.25) is 0 Å². The number of carbonyl (C=O) groups excluding carboxylic acids is 3. The first-order valence-electron chi connectivity index (χ1n) is 5.07. The smallest absolute Gasteiger partial charge is 0.309 e. The van der Waals surface area contributed by atoms with Gasteiger partial charge in [-0.25, -0.2) is 0 Å². The summed E-state index contributed by atoms with van der Waals surface area (Å²) in [5.74, 6) is -1.22. The van der Waals surface area contributed by atoms with E-state index in [1.807, 2.05) is 0 Å². The van der Waals surface area contributed by atoms with Gasteiger partial charge in [0.1, 0.15) is 0 Å². The van der Waals surface area contributed by atoms with Gasteiger partial charge in [-0.2, -0.15) is 0 Å². The van der Waals surface area contributed by atoms with Gasteiger partial charge in [-0.15, -0.1) is 0 Å². The fourth-order valence-electron chi connectivity index (χ4n) is 1.73. The topological polar surface area (TPSA) is 75.7 Å². The Labute approximate surface area is 93.9 Å². The summed E-state index contributed by atoms with van der Waals surface area (Å²) in [5, 5.41) is 2.23. The molecule has 0 saturated carbocycles. The molecule has 1 aliphatic heterocycles. The zero-order valence-electron chi connectivity index (χ0n) is 9.65. The average molecular weight is 228 g/mol. The molecule has 1 N–H and O–H groups in total. The van der Waals surface area contributed by atoms with Gasteiger partial charge in [0, 0.05) is 6.54 Å². The maximum absolute atomic E-state index is 11.4. The minimum Gasteiger partial charge on any atom is -0.469 e. The molecule has 0 radical (unpaired) electrons. The number of hydrogen-bond donors (Lipinski definition) is 1. The second kappa shape index (κ2) is 5.07. The summed E-state index contributed by atoms with van der Waals surface area (Å²) < 4.78 is 4.59. The second-order valence-corrected chi connectivity index (χ2v) is 4.00. The van der Waals surface area contributed by atoms with Crippen molar-refractivity contribution in [2.75, 3.05) is 20.7 Å². The molecule has 0 spiro atoms. The van der Waals surface area contributed by atoms with Crippen molar-refractivity contribution in [3.8, 4) is 0 Å². The number of likely N-dealkylation sites (N-methyl/N-ethyl adjacent to an activating group) is 1. The highest BCUT2D eigenvalue weighted by Gasteiger charge is 2.34. The normalized spacial score (nSPS) is 22.1. The molecule has 2 atom stereocenters. The van der Waals surface area contributed by atoms with Gasteiger partial charge in [-0.3, -0.25) is 24.6 Å². The highest BCUT2D eigenvalue weighted by Crippen LogP contribution is 2.11. The zero-order valence-corrected chi connectivity index (χ0v) is 9.65. The third-order valence-corrected chi connectivity index (χ3v) is 2.64.